The van der Waals surface area contributed by atoms with Crippen molar-refractivity contribution in [2.24, 2.45) is 0 Å². The standard InChI is InChI=1S/C15H19N3OS/c1-3-5-16-14(13-4-7-19-11(13)2)9-12-10-18-6-8-20-15(18)17-12/h4,6-8,10,14,16H,3,5,9H2,1-2H3. The Morgan fingerprint density at radius 2 is 2.40 bits per heavy atom. The Hall–Kier alpha value is -1.59. The van der Waals surface area contributed by atoms with Crippen molar-refractivity contribution in [3.8, 4) is 0 Å². The Labute approximate surface area is 122 Å². The van der Waals surface area contributed by atoms with Crippen LogP contribution in [0.5, 0.6) is 0 Å². The minimum atomic E-state index is 0.262. The van der Waals surface area contributed by atoms with Crippen LogP contribution in [-0.4, -0.2) is 15.9 Å². The summed E-state index contributed by atoms with van der Waals surface area (Å²) in [6.45, 7) is 5.19. The molecule has 3 heterocycles. The largest absolute Gasteiger partial charge is 0.469 e. The first kappa shape index (κ1) is 13.4. The van der Waals surface area contributed by atoms with E-state index >= 15 is 0 Å². The third kappa shape index (κ3) is 2.64. The summed E-state index contributed by atoms with van der Waals surface area (Å²) < 4.78 is 7.53. The summed E-state index contributed by atoms with van der Waals surface area (Å²) in [5.41, 5.74) is 2.35. The maximum atomic E-state index is 5.44. The molecule has 1 atom stereocenters. The van der Waals surface area contributed by atoms with E-state index in [4.69, 9.17) is 4.42 Å². The van der Waals surface area contributed by atoms with E-state index in [0.717, 1.165) is 35.8 Å². The van der Waals surface area contributed by atoms with Gasteiger partial charge in [-0.15, -0.1) is 11.3 Å². The average molecular weight is 289 g/mol. The van der Waals surface area contributed by atoms with Crippen LogP contribution < -0.4 is 5.32 Å². The van der Waals surface area contributed by atoms with E-state index in [1.165, 1.54) is 5.56 Å². The normalized spacial score (nSPS) is 13.1. The number of hydrogen-bond acceptors (Lipinski definition) is 4. The monoisotopic (exact) mass is 289 g/mol. The van der Waals surface area contributed by atoms with Gasteiger partial charge in [-0.2, -0.15) is 0 Å². The van der Waals surface area contributed by atoms with Crippen LogP contribution in [0.4, 0.5) is 0 Å². The van der Waals surface area contributed by atoms with E-state index in [2.05, 4.69) is 39.3 Å². The van der Waals surface area contributed by atoms with Gasteiger partial charge in [0.1, 0.15) is 5.76 Å². The number of thiazole rings is 1. The molecule has 3 aromatic rings. The summed E-state index contributed by atoms with van der Waals surface area (Å²) in [5.74, 6) is 0.986. The molecule has 0 aliphatic rings. The molecule has 0 amide bonds. The molecule has 0 radical (unpaired) electrons. The quantitative estimate of drug-likeness (QED) is 0.754. The molecule has 0 fully saturated rings. The fourth-order valence-electron chi connectivity index (χ4n) is 2.45. The lowest BCUT2D eigenvalue weighted by Gasteiger charge is -2.17. The van der Waals surface area contributed by atoms with Gasteiger partial charge in [-0.25, -0.2) is 4.98 Å². The Morgan fingerprint density at radius 3 is 3.10 bits per heavy atom. The molecule has 4 nitrogen and oxygen atoms in total. The van der Waals surface area contributed by atoms with E-state index in [9.17, 15) is 0 Å². The number of furan rings is 1. The number of fused-ring (bicyclic) bond motifs is 1. The predicted octanol–water partition coefficient (Wildman–Crippen LogP) is 3.58. The van der Waals surface area contributed by atoms with Crippen molar-refractivity contribution in [1.82, 2.24) is 14.7 Å². The molecule has 106 valence electrons. The van der Waals surface area contributed by atoms with Crippen LogP contribution in [0, 0.1) is 6.92 Å². The second-order valence-electron chi connectivity index (χ2n) is 4.97. The fourth-order valence-corrected chi connectivity index (χ4v) is 3.17. The lowest BCUT2D eigenvalue weighted by atomic mass is 10.0. The summed E-state index contributed by atoms with van der Waals surface area (Å²) in [7, 11) is 0. The molecule has 0 bridgehead atoms. The van der Waals surface area contributed by atoms with Gasteiger partial charge in [0.2, 0.25) is 0 Å². The van der Waals surface area contributed by atoms with Gasteiger partial charge in [-0.05, 0) is 26.0 Å². The molecule has 20 heavy (non-hydrogen) atoms. The highest BCUT2D eigenvalue weighted by molar-refractivity contribution is 7.15. The van der Waals surface area contributed by atoms with Crippen LogP contribution in [0.2, 0.25) is 0 Å². The van der Waals surface area contributed by atoms with Crippen molar-refractivity contribution in [2.75, 3.05) is 6.54 Å². The minimum Gasteiger partial charge on any atom is -0.469 e. The highest BCUT2D eigenvalue weighted by Gasteiger charge is 2.17. The number of aromatic nitrogens is 2. The van der Waals surface area contributed by atoms with Crippen molar-refractivity contribution >= 4 is 16.3 Å². The van der Waals surface area contributed by atoms with Crippen LogP contribution >= 0.6 is 11.3 Å². The van der Waals surface area contributed by atoms with E-state index in [1.54, 1.807) is 17.6 Å². The molecule has 0 saturated carbocycles. The molecular formula is C15H19N3OS. The lowest BCUT2D eigenvalue weighted by molar-refractivity contribution is 0.492. The maximum absolute atomic E-state index is 5.44. The third-order valence-electron chi connectivity index (χ3n) is 3.47. The lowest BCUT2D eigenvalue weighted by Crippen LogP contribution is -2.24. The first-order chi connectivity index (χ1) is 9.78. The Balaban J connectivity index is 1.82. The van der Waals surface area contributed by atoms with E-state index < -0.39 is 0 Å². The van der Waals surface area contributed by atoms with Crippen molar-refractivity contribution < 1.29 is 4.42 Å². The summed E-state index contributed by atoms with van der Waals surface area (Å²) in [4.78, 5) is 5.72. The molecule has 1 N–H and O–H groups in total. The number of aryl methyl sites for hydroxylation is 1. The van der Waals surface area contributed by atoms with Crippen molar-refractivity contribution in [2.45, 2.75) is 32.7 Å². The van der Waals surface area contributed by atoms with E-state index in [1.807, 2.05) is 13.1 Å². The fraction of sp³-hybridized carbons (Fsp3) is 0.400. The van der Waals surface area contributed by atoms with Gasteiger partial charge in [0.15, 0.2) is 4.96 Å². The molecule has 0 spiro atoms. The molecule has 5 heteroatoms. The van der Waals surface area contributed by atoms with Gasteiger partial charge >= 0.3 is 0 Å². The van der Waals surface area contributed by atoms with Crippen LogP contribution in [0.25, 0.3) is 4.96 Å². The molecule has 0 aliphatic carbocycles. The second-order valence-corrected chi connectivity index (χ2v) is 5.84. The topological polar surface area (TPSA) is 42.5 Å². The predicted molar refractivity (Wildman–Crippen MR) is 81.3 cm³/mol. The van der Waals surface area contributed by atoms with Gasteiger partial charge < -0.3 is 9.73 Å². The van der Waals surface area contributed by atoms with E-state index in [-0.39, 0.29) is 6.04 Å². The van der Waals surface area contributed by atoms with Crippen LogP contribution in [0.3, 0.4) is 0 Å². The number of rotatable bonds is 6. The van der Waals surface area contributed by atoms with Crippen molar-refractivity contribution in [3.05, 3.63) is 47.1 Å². The zero-order chi connectivity index (χ0) is 13.9. The SMILES string of the molecule is CCCNC(Cc1cn2ccsc2n1)c1ccoc1C. The summed E-state index contributed by atoms with van der Waals surface area (Å²) in [6, 6.07) is 2.32. The zero-order valence-electron chi connectivity index (χ0n) is 11.8. The zero-order valence-corrected chi connectivity index (χ0v) is 12.6. The molecule has 3 aromatic heterocycles. The van der Waals surface area contributed by atoms with Crippen LogP contribution in [0.1, 0.15) is 36.4 Å². The number of hydrogen-bond donors (Lipinski definition) is 1. The highest BCUT2D eigenvalue weighted by Crippen LogP contribution is 2.23. The second kappa shape index (κ2) is 5.81. The van der Waals surface area contributed by atoms with Gasteiger partial charge in [0.05, 0.1) is 12.0 Å². The summed E-state index contributed by atoms with van der Waals surface area (Å²) in [5, 5.41) is 5.65. The van der Waals surface area contributed by atoms with E-state index in [0.29, 0.717) is 0 Å². The van der Waals surface area contributed by atoms with Crippen molar-refractivity contribution in [3.63, 3.8) is 0 Å². The number of nitrogens with zero attached hydrogens (tertiary/aromatic N) is 2. The Morgan fingerprint density at radius 1 is 1.50 bits per heavy atom. The maximum Gasteiger partial charge on any atom is 0.193 e. The molecule has 0 saturated heterocycles. The van der Waals surface area contributed by atoms with Crippen LogP contribution in [0.15, 0.2) is 34.5 Å². The molecular weight excluding hydrogens is 270 g/mol. The van der Waals surface area contributed by atoms with Gasteiger partial charge in [0.25, 0.3) is 0 Å². The summed E-state index contributed by atoms with van der Waals surface area (Å²) in [6.07, 6.45) is 7.92. The average Bonchev–Trinajstić information content (AvgIpc) is 3.10. The highest BCUT2D eigenvalue weighted by atomic mass is 32.1. The molecule has 0 aromatic carbocycles. The first-order valence-electron chi connectivity index (χ1n) is 6.96. The summed E-state index contributed by atoms with van der Waals surface area (Å²) >= 11 is 1.67. The Kier molecular flexibility index (Phi) is 3.89. The van der Waals surface area contributed by atoms with Gasteiger partial charge in [-0.1, -0.05) is 6.92 Å². The smallest absolute Gasteiger partial charge is 0.193 e. The van der Waals surface area contributed by atoms with Crippen LogP contribution in [-0.2, 0) is 6.42 Å². The van der Waals surface area contributed by atoms with Crippen molar-refractivity contribution in [1.29, 1.82) is 0 Å². The van der Waals surface area contributed by atoms with Gasteiger partial charge in [0, 0.05) is 35.8 Å². The first-order valence-corrected chi connectivity index (χ1v) is 7.84. The van der Waals surface area contributed by atoms with Gasteiger partial charge in [-0.3, -0.25) is 4.40 Å². The third-order valence-corrected chi connectivity index (χ3v) is 4.24. The molecule has 1 unspecified atom stereocenters. The molecule has 0 aliphatic heterocycles. The molecule has 3 rings (SSSR count). The number of imidazole rings is 1. The number of nitrogens with one attached hydrogen (secondary N) is 1. The minimum absolute atomic E-state index is 0.262. The Bertz CT molecular complexity index is 653.